The molecule has 0 aromatic carbocycles. The Kier molecular flexibility index (Phi) is 4.14. The summed E-state index contributed by atoms with van der Waals surface area (Å²) in [5.41, 5.74) is 6.13. The summed E-state index contributed by atoms with van der Waals surface area (Å²) >= 11 is 0. The fourth-order valence-corrected chi connectivity index (χ4v) is 0.400. The molecular formula is C5H7N3O3. The Morgan fingerprint density at radius 2 is 1.73 bits per heavy atom. The normalized spacial score (nSPS) is 7.64. The van der Waals surface area contributed by atoms with Crippen LogP contribution in [-0.4, -0.2) is 5.09 Å². The van der Waals surface area contributed by atoms with Gasteiger partial charge in [0.15, 0.2) is 12.4 Å². The van der Waals surface area contributed by atoms with Crippen molar-refractivity contribution in [3.63, 3.8) is 0 Å². The molecule has 0 aliphatic heterocycles. The second-order valence-corrected chi connectivity index (χ2v) is 1.56. The molecule has 1 heterocycles. The summed E-state index contributed by atoms with van der Waals surface area (Å²) in [6.07, 6.45) is 3.57. The Hall–Kier alpha value is -1.85. The summed E-state index contributed by atoms with van der Waals surface area (Å²) in [6, 6.07) is 3.61. The Balaban J connectivity index is 0.000000218. The van der Waals surface area contributed by atoms with E-state index in [-0.39, 0.29) is 0 Å². The molecule has 1 aromatic rings. The number of hydrogen-bond donors (Lipinski definition) is 1. The Bertz CT molecular complexity index is 209. The fourth-order valence-electron chi connectivity index (χ4n) is 0.400. The molecule has 3 N–H and O–H groups in total. The maximum Gasteiger partial charge on any atom is 0.169 e. The van der Waals surface area contributed by atoms with E-state index in [1.165, 1.54) is 0 Å². The van der Waals surface area contributed by atoms with Crippen LogP contribution in [0.2, 0.25) is 0 Å². The monoisotopic (exact) mass is 157 g/mol. The zero-order chi connectivity index (χ0) is 8.69. The molecule has 0 radical (unpaired) electrons. The maximum absolute atomic E-state index is 8.25. The van der Waals surface area contributed by atoms with Crippen molar-refractivity contribution < 1.29 is 10.1 Å². The molecule has 0 spiro atoms. The van der Waals surface area contributed by atoms with E-state index in [0.29, 0.717) is 0 Å². The van der Waals surface area contributed by atoms with Crippen molar-refractivity contribution in [1.82, 2.24) is 0 Å². The van der Waals surface area contributed by atoms with Crippen LogP contribution in [-0.2, 0) is 0 Å². The van der Waals surface area contributed by atoms with Gasteiger partial charge >= 0.3 is 0 Å². The predicted molar refractivity (Wildman–Crippen MR) is 37.8 cm³/mol. The van der Waals surface area contributed by atoms with Crippen molar-refractivity contribution in [2.45, 2.75) is 0 Å². The van der Waals surface area contributed by atoms with Gasteiger partial charge in [0.05, 0.1) is 5.09 Å². The van der Waals surface area contributed by atoms with Gasteiger partial charge in [-0.3, -0.25) is 0 Å². The number of aromatic nitrogens is 1. The number of pyridine rings is 1. The fraction of sp³-hybridized carbons (Fsp3) is 0. The first-order valence-corrected chi connectivity index (χ1v) is 2.66. The Labute approximate surface area is 62.4 Å². The lowest BCUT2D eigenvalue weighted by Gasteiger charge is -1.78. The van der Waals surface area contributed by atoms with Crippen LogP contribution < -0.4 is 10.7 Å². The van der Waals surface area contributed by atoms with Gasteiger partial charge in [-0.15, -0.1) is 0 Å². The highest BCUT2D eigenvalue weighted by atomic mass is 16.9. The molecule has 60 valence electrons. The standard InChI is InChI=1S/C5H6N2.NO3/c6-5-1-3-7-4-2-5;2-1(3)4/h1-4H,(H2,6,7);/q;-1/p+1. The number of nitrogens with one attached hydrogen (secondary N) is 1. The van der Waals surface area contributed by atoms with E-state index in [1.807, 2.05) is 0 Å². The summed E-state index contributed by atoms with van der Waals surface area (Å²) in [5, 5.41) is 14.8. The number of nitrogens with two attached hydrogens (primary N) is 1. The zero-order valence-electron chi connectivity index (χ0n) is 5.56. The van der Waals surface area contributed by atoms with Crippen LogP contribution in [0.15, 0.2) is 24.5 Å². The van der Waals surface area contributed by atoms with Crippen molar-refractivity contribution in [3.05, 3.63) is 39.8 Å². The minimum Gasteiger partial charge on any atom is -0.398 e. The van der Waals surface area contributed by atoms with Crippen molar-refractivity contribution in [3.8, 4) is 0 Å². The van der Waals surface area contributed by atoms with E-state index in [1.54, 1.807) is 24.5 Å². The molecule has 0 amide bonds. The molecule has 6 heteroatoms. The largest absolute Gasteiger partial charge is 0.398 e. The molecule has 0 saturated heterocycles. The number of hydrogen-bond acceptors (Lipinski definition) is 4. The number of H-pyrrole nitrogens is 1. The van der Waals surface area contributed by atoms with Crippen molar-refractivity contribution in [2.75, 3.05) is 5.73 Å². The van der Waals surface area contributed by atoms with Crippen LogP contribution >= 0.6 is 0 Å². The van der Waals surface area contributed by atoms with Crippen molar-refractivity contribution in [2.24, 2.45) is 0 Å². The van der Waals surface area contributed by atoms with E-state index in [2.05, 4.69) is 4.98 Å². The molecule has 0 saturated carbocycles. The SMILES string of the molecule is Nc1cc[nH+]cc1.O=[N+]([O-])[O-]. The molecule has 0 bridgehead atoms. The van der Waals surface area contributed by atoms with Crippen LogP contribution in [0, 0.1) is 15.3 Å². The summed E-state index contributed by atoms with van der Waals surface area (Å²) in [7, 11) is 0. The second-order valence-electron chi connectivity index (χ2n) is 1.56. The van der Waals surface area contributed by atoms with Crippen LogP contribution in [0.4, 0.5) is 5.69 Å². The molecule has 0 aliphatic carbocycles. The van der Waals surface area contributed by atoms with Crippen LogP contribution in [0.5, 0.6) is 0 Å². The molecule has 0 unspecified atom stereocenters. The maximum atomic E-state index is 8.25. The van der Waals surface area contributed by atoms with Gasteiger partial charge in [-0.1, -0.05) is 0 Å². The summed E-state index contributed by atoms with van der Waals surface area (Å²) < 4.78 is 0. The van der Waals surface area contributed by atoms with Gasteiger partial charge < -0.3 is 21.1 Å². The number of anilines is 1. The first kappa shape index (κ1) is 9.15. The van der Waals surface area contributed by atoms with Gasteiger partial charge in [0.25, 0.3) is 0 Å². The third kappa shape index (κ3) is 8.15. The van der Waals surface area contributed by atoms with Gasteiger partial charge in [0, 0.05) is 17.8 Å². The number of aromatic amines is 1. The highest BCUT2D eigenvalue weighted by Gasteiger charge is 1.78. The van der Waals surface area contributed by atoms with E-state index in [4.69, 9.17) is 21.1 Å². The third-order valence-electron chi connectivity index (χ3n) is 0.744. The summed E-state index contributed by atoms with van der Waals surface area (Å²) in [6.45, 7) is 0. The van der Waals surface area contributed by atoms with Crippen LogP contribution in [0.3, 0.4) is 0 Å². The first-order chi connectivity index (χ1) is 5.13. The highest BCUT2D eigenvalue weighted by Crippen LogP contribution is 1.90. The lowest BCUT2D eigenvalue weighted by Crippen LogP contribution is -1.97. The second kappa shape index (κ2) is 4.98. The average molecular weight is 157 g/mol. The highest BCUT2D eigenvalue weighted by molar-refractivity contribution is 5.32. The molecule has 0 atom stereocenters. The number of rotatable bonds is 0. The minimum absolute atomic E-state index is 0.791. The van der Waals surface area contributed by atoms with Gasteiger partial charge in [0.1, 0.15) is 0 Å². The third-order valence-corrected chi connectivity index (χ3v) is 0.744. The van der Waals surface area contributed by atoms with Gasteiger partial charge in [-0.25, -0.2) is 4.98 Å². The molecular weight excluding hydrogens is 150 g/mol. The van der Waals surface area contributed by atoms with Gasteiger partial charge in [0.2, 0.25) is 0 Å². The minimum atomic E-state index is -1.75. The predicted octanol–water partition coefficient (Wildman–Crippen LogP) is -0.156. The van der Waals surface area contributed by atoms with Crippen LogP contribution in [0.25, 0.3) is 0 Å². The van der Waals surface area contributed by atoms with Gasteiger partial charge in [-0.05, 0) is 0 Å². The molecule has 0 fully saturated rings. The van der Waals surface area contributed by atoms with E-state index >= 15 is 0 Å². The van der Waals surface area contributed by atoms with Crippen molar-refractivity contribution in [1.29, 1.82) is 0 Å². The smallest absolute Gasteiger partial charge is 0.169 e. The molecule has 6 nitrogen and oxygen atoms in total. The van der Waals surface area contributed by atoms with E-state index in [9.17, 15) is 0 Å². The first-order valence-electron chi connectivity index (χ1n) is 2.66. The zero-order valence-corrected chi connectivity index (χ0v) is 5.56. The molecule has 11 heavy (non-hydrogen) atoms. The lowest BCUT2D eigenvalue weighted by molar-refractivity contribution is -0.402. The lowest BCUT2D eigenvalue weighted by atomic mass is 10.4. The van der Waals surface area contributed by atoms with Crippen molar-refractivity contribution >= 4 is 5.69 Å². The summed E-state index contributed by atoms with van der Waals surface area (Å²) in [4.78, 5) is 11.1. The van der Waals surface area contributed by atoms with Crippen LogP contribution in [0.1, 0.15) is 0 Å². The molecule has 1 aromatic heterocycles. The quantitative estimate of drug-likeness (QED) is 0.417. The molecule has 0 aliphatic rings. The number of nitrogens with zero attached hydrogens (tertiary/aromatic N) is 1. The number of nitrogen functional groups attached to an aromatic ring is 1. The van der Waals surface area contributed by atoms with E-state index < -0.39 is 5.09 Å². The van der Waals surface area contributed by atoms with Gasteiger partial charge in [-0.2, -0.15) is 0 Å². The average Bonchev–Trinajstić information content (AvgIpc) is 1.87. The van der Waals surface area contributed by atoms with E-state index in [0.717, 1.165) is 5.69 Å². The Morgan fingerprint density at radius 3 is 1.91 bits per heavy atom. The Morgan fingerprint density at radius 1 is 1.36 bits per heavy atom. The topological polar surface area (TPSA) is 106 Å². The molecule has 1 rings (SSSR count). The summed E-state index contributed by atoms with van der Waals surface area (Å²) in [5.74, 6) is 0.